The number of aryl methyl sites for hydroxylation is 1. The third kappa shape index (κ3) is 3.00. The largest absolute Gasteiger partial charge is 0.507 e. The molecule has 0 heterocycles. The summed E-state index contributed by atoms with van der Waals surface area (Å²) in [6.45, 7) is 3.17. The first-order valence-electron chi connectivity index (χ1n) is 5.55. The minimum Gasteiger partial charge on any atom is -0.507 e. The summed E-state index contributed by atoms with van der Waals surface area (Å²) in [5, 5.41) is 9.73. The highest BCUT2D eigenvalue weighted by atomic mass is 16.5. The van der Waals surface area contributed by atoms with Crippen molar-refractivity contribution >= 4 is 11.9 Å². The van der Waals surface area contributed by atoms with Crippen LogP contribution in [0.4, 0.5) is 0 Å². The number of rotatable bonds is 3. The second-order valence-corrected chi connectivity index (χ2v) is 4.25. The Morgan fingerprint density at radius 2 is 1.94 bits per heavy atom. The summed E-state index contributed by atoms with van der Waals surface area (Å²) in [6.07, 6.45) is -0.882. The zero-order chi connectivity index (χ0) is 13.9. The average Bonchev–Trinajstić information content (AvgIpc) is 2.31. The average molecular weight is 251 g/mol. The zero-order valence-corrected chi connectivity index (χ0v) is 10.9. The highest BCUT2D eigenvalue weighted by molar-refractivity contribution is 5.94. The molecule has 0 saturated heterocycles. The maximum Gasteiger partial charge on any atom is 0.342 e. The number of benzene rings is 1. The molecule has 0 saturated carbocycles. The van der Waals surface area contributed by atoms with Crippen molar-refractivity contribution in [1.82, 2.24) is 4.90 Å². The van der Waals surface area contributed by atoms with E-state index in [0.29, 0.717) is 5.56 Å². The summed E-state index contributed by atoms with van der Waals surface area (Å²) in [6, 6.07) is 4.78. The van der Waals surface area contributed by atoms with Crippen molar-refractivity contribution in [3.05, 3.63) is 29.3 Å². The van der Waals surface area contributed by atoms with Crippen LogP contribution in [0.1, 0.15) is 22.8 Å². The quantitative estimate of drug-likeness (QED) is 0.823. The van der Waals surface area contributed by atoms with Gasteiger partial charge < -0.3 is 14.7 Å². The van der Waals surface area contributed by atoms with Crippen LogP contribution in [-0.4, -0.2) is 42.1 Å². The summed E-state index contributed by atoms with van der Waals surface area (Å²) >= 11 is 0. The molecular weight excluding hydrogens is 234 g/mol. The number of hydrogen-bond donors (Lipinski definition) is 1. The number of ether oxygens (including phenoxy) is 1. The summed E-state index contributed by atoms with van der Waals surface area (Å²) in [5.74, 6) is -1.14. The normalized spacial score (nSPS) is 11.8. The van der Waals surface area contributed by atoms with Crippen LogP contribution in [0, 0.1) is 6.92 Å². The number of carbonyl (C=O) groups is 2. The Labute approximate surface area is 106 Å². The number of esters is 1. The maximum absolute atomic E-state index is 11.8. The van der Waals surface area contributed by atoms with Gasteiger partial charge in [-0.1, -0.05) is 12.1 Å². The van der Waals surface area contributed by atoms with Crippen LogP contribution in [0.25, 0.3) is 0 Å². The van der Waals surface area contributed by atoms with E-state index >= 15 is 0 Å². The fraction of sp³-hybridized carbons (Fsp3) is 0.385. The molecule has 0 spiro atoms. The number of phenolic OH excluding ortho intramolecular Hbond substituents is 1. The van der Waals surface area contributed by atoms with Gasteiger partial charge in [0.05, 0.1) is 0 Å². The van der Waals surface area contributed by atoms with Gasteiger partial charge in [0.2, 0.25) is 0 Å². The first-order chi connectivity index (χ1) is 8.34. The van der Waals surface area contributed by atoms with Crippen molar-refractivity contribution in [2.45, 2.75) is 20.0 Å². The molecular formula is C13H17NO4. The van der Waals surface area contributed by atoms with Crippen LogP contribution in [0.3, 0.4) is 0 Å². The van der Waals surface area contributed by atoms with Crippen LogP contribution in [-0.2, 0) is 9.53 Å². The fourth-order valence-corrected chi connectivity index (χ4v) is 1.46. The number of hydrogen-bond acceptors (Lipinski definition) is 4. The number of phenols is 1. The van der Waals surface area contributed by atoms with Crippen LogP contribution >= 0.6 is 0 Å². The summed E-state index contributed by atoms with van der Waals surface area (Å²) in [7, 11) is 3.16. The second-order valence-electron chi connectivity index (χ2n) is 4.25. The number of aromatic hydroxyl groups is 1. The molecule has 0 fully saturated rings. The van der Waals surface area contributed by atoms with Crippen LogP contribution in [0.15, 0.2) is 18.2 Å². The van der Waals surface area contributed by atoms with Crippen molar-refractivity contribution in [3.8, 4) is 5.75 Å². The predicted molar refractivity (Wildman–Crippen MR) is 66.4 cm³/mol. The van der Waals surface area contributed by atoms with Gasteiger partial charge in [0.25, 0.3) is 5.91 Å². The Morgan fingerprint density at radius 3 is 2.50 bits per heavy atom. The molecule has 0 aromatic heterocycles. The third-order valence-electron chi connectivity index (χ3n) is 2.53. The van der Waals surface area contributed by atoms with Crippen molar-refractivity contribution in [3.63, 3.8) is 0 Å². The van der Waals surface area contributed by atoms with Gasteiger partial charge in [0.1, 0.15) is 11.3 Å². The fourth-order valence-electron chi connectivity index (χ4n) is 1.46. The van der Waals surface area contributed by atoms with Gasteiger partial charge in [-0.2, -0.15) is 0 Å². The number of carbonyl (C=O) groups excluding carboxylic acids is 2. The molecule has 18 heavy (non-hydrogen) atoms. The van der Waals surface area contributed by atoms with E-state index in [1.807, 2.05) is 0 Å². The molecule has 1 N–H and O–H groups in total. The Kier molecular flexibility index (Phi) is 4.31. The summed E-state index contributed by atoms with van der Waals surface area (Å²) < 4.78 is 5.01. The number of likely N-dealkylation sites (N-methyl/N-ethyl adjacent to an activating group) is 1. The second kappa shape index (κ2) is 5.53. The van der Waals surface area contributed by atoms with Crippen molar-refractivity contribution in [1.29, 1.82) is 0 Å². The topological polar surface area (TPSA) is 66.8 Å². The van der Waals surface area contributed by atoms with E-state index in [1.54, 1.807) is 33.2 Å². The smallest absolute Gasteiger partial charge is 0.342 e. The first kappa shape index (κ1) is 14.0. The van der Waals surface area contributed by atoms with Crippen molar-refractivity contribution in [2.75, 3.05) is 14.1 Å². The molecule has 1 rings (SSSR count). The molecule has 1 amide bonds. The SMILES string of the molecule is Cc1cccc(C(=O)O[C@H](C)C(=O)N(C)C)c1O. The lowest BCUT2D eigenvalue weighted by atomic mass is 10.1. The van der Waals surface area contributed by atoms with Gasteiger partial charge in [-0.3, -0.25) is 4.79 Å². The molecule has 5 heteroatoms. The lowest BCUT2D eigenvalue weighted by molar-refractivity contribution is -0.137. The highest BCUT2D eigenvalue weighted by Gasteiger charge is 2.22. The maximum atomic E-state index is 11.8. The van der Waals surface area contributed by atoms with Crippen molar-refractivity contribution in [2.24, 2.45) is 0 Å². The van der Waals surface area contributed by atoms with Gasteiger partial charge in [0.15, 0.2) is 6.10 Å². The molecule has 0 aliphatic heterocycles. The molecule has 0 aliphatic carbocycles. The number of nitrogens with zero attached hydrogens (tertiary/aromatic N) is 1. The van der Waals surface area contributed by atoms with E-state index in [1.165, 1.54) is 17.9 Å². The van der Waals surface area contributed by atoms with Crippen LogP contribution in [0.2, 0.25) is 0 Å². The summed E-state index contributed by atoms with van der Waals surface area (Å²) in [4.78, 5) is 24.7. The monoisotopic (exact) mass is 251 g/mol. The van der Waals surface area contributed by atoms with E-state index in [2.05, 4.69) is 0 Å². The van der Waals surface area contributed by atoms with Gasteiger partial charge in [-0.15, -0.1) is 0 Å². The molecule has 1 atom stereocenters. The van der Waals surface area contributed by atoms with Gasteiger partial charge in [0, 0.05) is 14.1 Å². The predicted octanol–water partition coefficient (Wildman–Crippen LogP) is 1.33. The lowest BCUT2D eigenvalue weighted by Gasteiger charge is -2.17. The van der Waals surface area contributed by atoms with E-state index in [9.17, 15) is 14.7 Å². The lowest BCUT2D eigenvalue weighted by Crippen LogP contribution is -2.34. The molecule has 98 valence electrons. The minimum absolute atomic E-state index is 0.0633. The van der Waals surface area contributed by atoms with E-state index in [0.717, 1.165) is 0 Å². The van der Waals surface area contributed by atoms with Gasteiger partial charge in [-0.25, -0.2) is 4.79 Å². The van der Waals surface area contributed by atoms with Crippen molar-refractivity contribution < 1.29 is 19.4 Å². The Hall–Kier alpha value is -2.04. The summed E-state index contributed by atoms with van der Waals surface area (Å²) in [5.41, 5.74) is 0.643. The molecule has 0 radical (unpaired) electrons. The van der Waals surface area contributed by atoms with E-state index in [4.69, 9.17) is 4.74 Å². The molecule has 0 aliphatic rings. The van der Waals surface area contributed by atoms with Crippen LogP contribution < -0.4 is 0 Å². The Bertz CT molecular complexity index is 468. The number of para-hydroxylation sites is 1. The van der Waals surface area contributed by atoms with Gasteiger partial charge in [-0.05, 0) is 25.5 Å². The van der Waals surface area contributed by atoms with Gasteiger partial charge >= 0.3 is 5.97 Å². The third-order valence-corrected chi connectivity index (χ3v) is 2.53. The Morgan fingerprint density at radius 1 is 1.33 bits per heavy atom. The van der Waals surface area contributed by atoms with Crippen LogP contribution in [0.5, 0.6) is 5.75 Å². The minimum atomic E-state index is -0.882. The Balaban J connectivity index is 2.83. The molecule has 0 unspecified atom stereocenters. The highest BCUT2D eigenvalue weighted by Crippen LogP contribution is 2.22. The zero-order valence-electron chi connectivity index (χ0n) is 10.9. The molecule has 5 nitrogen and oxygen atoms in total. The first-order valence-corrected chi connectivity index (χ1v) is 5.55. The van der Waals surface area contributed by atoms with E-state index < -0.39 is 12.1 Å². The van der Waals surface area contributed by atoms with E-state index in [-0.39, 0.29) is 17.2 Å². The standard InChI is InChI=1S/C13H17NO4/c1-8-6-5-7-10(11(8)15)13(17)18-9(2)12(16)14(3)4/h5-7,9,15H,1-4H3/t9-/m1/s1. The molecule has 0 bridgehead atoms. The molecule has 1 aromatic rings. The number of amides is 1. The molecule has 1 aromatic carbocycles.